The van der Waals surface area contributed by atoms with Crippen LogP contribution in [0.5, 0.6) is 0 Å². The summed E-state index contributed by atoms with van der Waals surface area (Å²) in [5, 5.41) is 9.27. The van der Waals surface area contributed by atoms with E-state index < -0.39 is 5.54 Å². The Bertz CT molecular complexity index is 369. The zero-order chi connectivity index (χ0) is 14.8. The number of hydrogen-bond donors (Lipinski definition) is 1. The highest BCUT2D eigenvalue weighted by Gasteiger charge is 2.41. The Kier molecular flexibility index (Phi) is 4.73. The molecule has 2 fully saturated rings. The van der Waals surface area contributed by atoms with Crippen molar-refractivity contribution in [3.63, 3.8) is 0 Å². The van der Waals surface area contributed by atoms with Crippen LogP contribution in [0.3, 0.4) is 0 Å². The summed E-state index contributed by atoms with van der Waals surface area (Å²) in [7, 11) is 6.61. The van der Waals surface area contributed by atoms with Crippen LogP contribution in [0.25, 0.3) is 0 Å². The number of hydrogen-bond acceptors (Lipinski definition) is 4. The van der Waals surface area contributed by atoms with Gasteiger partial charge < -0.3 is 15.5 Å². The summed E-state index contributed by atoms with van der Waals surface area (Å²) in [5.41, 5.74) is 6.04. The molecule has 0 aromatic rings. The minimum atomic E-state index is -0.559. The summed E-state index contributed by atoms with van der Waals surface area (Å²) in [4.78, 5) is 4.83. The van der Waals surface area contributed by atoms with Crippen molar-refractivity contribution in [1.82, 2.24) is 9.80 Å². The van der Waals surface area contributed by atoms with Crippen LogP contribution in [-0.4, -0.2) is 55.1 Å². The molecule has 2 saturated carbocycles. The molecule has 0 radical (unpaired) electrons. The Morgan fingerprint density at radius 3 is 2.40 bits per heavy atom. The summed E-state index contributed by atoms with van der Waals surface area (Å²) in [6.45, 7) is 2.19. The van der Waals surface area contributed by atoms with E-state index in [0.717, 1.165) is 38.8 Å². The highest BCUT2D eigenvalue weighted by molar-refractivity contribution is 5.12. The van der Waals surface area contributed by atoms with E-state index in [-0.39, 0.29) is 0 Å². The molecule has 0 aromatic heterocycles. The van der Waals surface area contributed by atoms with E-state index in [9.17, 15) is 5.26 Å². The van der Waals surface area contributed by atoms with Crippen LogP contribution in [-0.2, 0) is 0 Å². The standard InChI is InChI=1S/C16H30N4/c1-19(2)15(8-5-9-15)13-20(3)11-7-14-6-4-10-16(14,18)12-17/h14H,4-11,13,18H2,1-3H3. The van der Waals surface area contributed by atoms with Crippen molar-refractivity contribution < 1.29 is 0 Å². The molecular formula is C16H30N4. The fourth-order valence-electron chi connectivity index (χ4n) is 3.94. The first-order chi connectivity index (χ1) is 9.42. The zero-order valence-corrected chi connectivity index (χ0v) is 13.4. The molecule has 0 saturated heterocycles. The predicted molar refractivity (Wildman–Crippen MR) is 82.3 cm³/mol. The minimum Gasteiger partial charge on any atom is -0.313 e. The lowest BCUT2D eigenvalue weighted by Gasteiger charge is -2.49. The topological polar surface area (TPSA) is 56.3 Å². The molecule has 114 valence electrons. The lowest BCUT2D eigenvalue weighted by Crippen LogP contribution is -2.56. The molecule has 2 rings (SSSR count). The molecule has 0 spiro atoms. The van der Waals surface area contributed by atoms with Crippen LogP contribution in [0, 0.1) is 17.2 Å². The van der Waals surface area contributed by atoms with Crippen molar-refractivity contribution in [2.45, 2.75) is 56.0 Å². The van der Waals surface area contributed by atoms with Crippen molar-refractivity contribution >= 4 is 0 Å². The van der Waals surface area contributed by atoms with Crippen LogP contribution in [0.4, 0.5) is 0 Å². The molecular weight excluding hydrogens is 248 g/mol. The Labute approximate surface area is 123 Å². The van der Waals surface area contributed by atoms with Crippen LogP contribution >= 0.6 is 0 Å². The van der Waals surface area contributed by atoms with Crippen molar-refractivity contribution in [2.24, 2.45) is 11.7 Å². The Morgan fingerprint density at radius 1 is 1.20 bits per heavy atom. The first-order valence-electron chi connectivity index (χ1n) is 7.98. The van der Waals surface area contributed by atoms with Gasteiger partial charge >= 0.3 is 0 Å². The maximum atomic E-state index is 9.27. The molecule has 2 N–H and O–H groups in total. The van der Waals surface area contributed by atoms with Gasteiger partial charge in [0.2, 0.25) is 0 Å². The van der Waals surface area contributed by atoms with Gasteiger partial charge in [-0.25, -0.2) is 0 Å². The molecule has 4 heteroatoms. The minimum absolute atomic E-state index is 0.381. The molecule has 2 atom stereocenters. The third-order valence-electron chi connectivity index (χ3n) is 5.74. The number of likely N-dealkylation sites (N-methyl/N-ethyl adjacent to an activating group) is 2. The highest BCUT2D eigenvalue weighted by atomic mass is 15.2. The quantitative estimate of drug-likeness (QED) is 0.805. The number of rotatable bonds is 6. The lowest BCUT2D eigenvalue weighted by atomic mass is 9.75. The van der Waals surface area contributed by atoms with E-state index >= 15 is 0 Å². The monoisotopic (exact) mass is 278 g/mol. The van der Waals surface area contributed by atoms with Crippen LogP contribution < -0.4 is 5.73 Å². The van der Waals surface area contributed by atoms with E-state index in [1.165, 1.54) is 19.3 Å². The molecule has 0 aliphatic heterocycles. The molecule has 0 aromatic carbocycles. The van der Waals surface area contributed by atoms with Crippen molar-refractivity contribution in [2.75, 3.05) is 34.2 Å². The fraction of sp³-hybridized carbons (Fsp3) is 0.938. The first kappa shape index (κ1) is 15.8. The summed E-state index contributed by atoms with van der Waals surface area (Å²) >= 11 is 0. The van der Waals surface area contributed by atoms with E-state index in [1.54, 1.807) is 0 Å². The predicted octanol–water partition coefficient (Wildman–Crippen LogP) is 1.81. The van der Waals surface area contributed by atoms with Gasteiger partial charge in [-0.1, -0.05) is 6.42 Å². The van der Waals surface area contributed by atoms with Crippen molar-refractivity contribution in [3.8, 4) is 6.07 Å². The third kappa shape index (κ3) is 3.00. The van der Waals surface area contributed by atoms with E-state index in [1.807, 2.05) is 0 Å². The van der Waals surface area contributed by atoms with Gasteiger partial charge in [-0.05, 0) is 72.1 Å². The maximum absolute atomic E-state index is 9.27. The highest BCUT2D eigenvalue weighted by Crippen LogP contribution is 2.38. The van der Waals surface area contributed by atoms with Crippen LogP contribution in [0.2, 0.25) is 0 Å². The Balaban J connectivity index is 1.81. The average Bonchev–Trinajstić information content (AvgIpc) is 2.73. The summed E-state index contributed by atoms with van der Waals surface area (Å²) in [6, 6.07) is 2.35. The lowest BCUT2D eigenvalue weighted by molar-refractivity contribution is 0.0262. The smallest absolute Gasteiger partial charge is 0.107 e. The van der Waals surface area contributed by atoms with E-state index in [2.05, 4.69) is 37.0 Å². The van der Waals surface area contributed by atoms with Gasteiger partial charge in [-0.2, -0.15) is 5.26 Å². The second-order valence-electron chi connectivity index (χ2n) is 7.24. The second kappa shape index (κ2) is 6.01. The summed E-state index contributed by atoms with van der Waals surface area (Å²) in [5.74, 6) is 0.381. The molecule has 2 aliphatic rings. The normalized spacial score (nSPS) is 32.4. The Morgan fingerprint density at radius 2 is 1.90 bits per heavy atom. The molecule has 0 heterocycles. The second-order valence-corrected chi connectivity index (χ2v) is 7.24. The molecule has 2 aliphatic carbocycles. The van der Waals surface area contributed by atoms with Gasteiger partial charge in [0.25, 0.3) is 0 Å². The number of nitriles is 1. The van der Waals surface area contributed by atoms with Crippen LogP contribution in [0.15, 0.2) is 0 Å². The van der Waals surface area contributed by atoms with Gasteiger partial charge in [-0.3, -0.25) is 0 Å². The first-order valence-corrected chi connectivity index (χ1v) is 7.98. The zero-order valence-electron chi connectivity index (χ0n) is 13.4. The summed E-state index contributed by atoms with van der Waals surface area (Å²) in [6.07, 6.45) is 8.15. The molecule has 0 amide bonds. The van der Waals surface area contributed by atoms with Gasteiger partial charge in [0.1, 0.15) is 5.54 Å². The molecule has 4 nitrogen and oxygen atoms in total. The van der Waals surface area contributed by atoms with Gasteiger partial charge in [0.05, 0.1) is 6.07 Å². The number of nitrogens with two attached hydrogens (primary N) is 1. The van der Waals surface area contributed by atoms with E-state index in [4.69, 9.17) is 5.73 Å². The van der Waals surface area contributed by atoms with Gasteiger partial charge in [0, 0.05) is 12.1 Å². The number of nitrogens with zero attached hydrogens (tertiary/aromatic N) is 3. The van der Waals surface area contributed by atoms with Crippen molar-refractivity contribution in [3.05, 3.63) is 0 Å². The molecule has 20 heavy (non-hydrogen) atoms. The SMILES string of the molecule is CN(CCC1CCCC1(N)C#N)CC1(N(C)C)CCC1. The van der Waals surface area contributed by atoms with Gasteiger partial charge in [-0.15, -0.1) is 0 Å². The average molecular weight is 278 g/mol. The summed E-state index contributed by atoms with van der Waals surface area (Å²) < 4.78 is 0. The molecule has 2 unspecified atom stereocenters. The fourth-order valence-corrected chi connectivity index (χ4v) is 3.94. The van der Waals surface area contributed by atoms with E-state index in [0.29, 0.717) is 11.5 Å². The maximum Gasteiger partial charge on any atom is 0.107 e. The van der Waals surface area contributed by atoms with Crippen molar-refractivity contribution in [1.29, 1.82) is 5.26 Å². The molecule has 0 bridgehead atoms. The third-order valence-corrected chi connectivity index (χ3v) is 5.74. The van der Waals surface area contributed by atoms with Crippen LogP contribution in [0.1, 0.15) is 44.9 Å². The Hall–Kier alpha value is -0.630. The largest absolute Gasteiger partial charge is 0.313 e. The van der Waals surface area contributed by atoms with Gasteiger partial charge in [0.15, 0.2) is 0 Å².